The van der Waals surface area contributed by atoms with Crippen LogP contribution in [-0.2, 0) is 0 Å². The first-order valence-corrected chi connectivity index (χ1v) is 18.4. The van der Waals surface area contributed by atoms with Crippen LogP contribution in [0.2, 0.25) is 0 Å². The molecule has 0 N–H and O–H groups in total. The average molecular weight is 661 g/mol. The Kier molecular flexibility index (Phi) is 8.09. The molecule has 0 unspecified atom stereocenters. The molecule has 0 bridgehead atoms. The van der Waals surface area contributed by atoms with Crippen molar-refractivity contribution in [2.45, 2.75) is 17.8 Å². The van der Waals surface area contributed by atoms with E-state index in [1.54, 1.807) is 73.6 Å². The molecule has 0 fully saturated rings. The highest BCUT2D eigenvalue weighted by Crippen LogP contribution is 2.74. The highest BCUT2D eigenvalue weighted by molar-refractivity contribution is 8.39. The normalized spacial score (nSPS) is 22.8. The second-order valence-electron chi connectivity index (χ2n) is 11.2. The van der Waals surface area contributed by atoms with Gasteiger partial charge in [0.1, 0.15) is 11.5 Å². The molecule has 10 heteroatoms. The van der Waals surface area contributed by atoms with Gasteiger partial charge < -0.3 is 9.47 Å². The minimum absolute atomic E-state index is 0.243. The molecule has 2 heterocycles. The Balaban J connectivity index is 1.55. The molecule has 2 nitrogen and oxygen atoms in total. The SMILES string of the molecule is COc1ccc(C#CC2=CC=C(C3=C(C4=CC=C(C#Cc5ccc(OC)cc5)S4(C)C)C(F)(F)C(F)(F)C3(F)F)S2(C)C)cc1. The van der Waals surface area contributed by atoms with Crippen LogP contribution in [0.3, 0.4) is 0 Å². The zero-order valence-corrected chi connectivity index (χ0v) is 27.0. The number of benzene rings is 2. The van der Waals surface area contributed by atoms with Gasteiger partial charge in [0.2, 0.25) is 0 Å². The van der Waals surface area contributed by atoms with Crippen LogP contribution in [0.15, 0.2) is 104 Å². The van der Waals surface area contributed by atoms with Crippen molar-refractivity contribution in [1.82, 2.24) is 0 Å². The van der Waals surface area contributed by atoms with Crippen LogP contribution in [0.25, 0.3) is 0 Å². The topological polar surface area (TPSA) is 18.5 Å². The van der Waals surface area contributed by atoms with Crippen LogP contribution >= 0.6 is 20.1 Å². The summed E-state index contributed by atoms with van der Waals surface area (Å²) in [6, 6.07) is 13.7. The van der Waals surface area contributed by atoms with Crippen LogP contribution in [0.1, 0.15) is 11.1 Å². The number of hydrogen-bond acceptors (Lipinski definition) is 2. The van der Waals surface area contributed by atoms with Gasteiger partial charge in [-0.15, -0.1) is 0 Å². The Bertz CT molecular complexity index is 1700. The quantitative estimate of drug-likeness (QED) is 0.241. The van der Waals surface area contributed by atoms with Gasteiger partial charge in [-0.1, -0.05) is 23.7 Å². The van der Waals surface area contributed by atoms with E-state index in [1.807, 2.05) is 0 Å². The Morgan fingerprint density at radius 1 is 0.511 bits per heavy atom. The van der Waals surface area contributed by atoms with Crippen molar-refractivity contribution in [1.29, 1.82) is 0 Å². The van der Waals surface area contributed by atoms with E-state index in [4.69, 9.17) is 9.47 Å². The monoisotopic (exact) mass is 660 g/mol. The van der Waals surface area contributed by atoms with Gasteiger partial charge in [-0.25, -0.2) is 0 Å². The summed E-state index contributed by atoms with van der Waals surface area (Å²) in [4.78, 5) is 0.329. The molecule has 2 aromatic carbocycles. The third-order valence-corrected chi connectivity index (χ3v) is 13.5. The maximum absolute atomic E-state index is 15.8. The van der Waals surface area contributed by atoms with Crippen molar-refractivity contribution in [2.75, 3.05) is 39.2 Å². The Hall–Kier alpha value is -3.86. The summed E-state index contributed by atoms with van der Waals surface area (Å²) in [5.74, 6) is -2.85. The fraction of sp³-hybridized carbons (Fsp3) is 0.257. The average Bonchev–Trinajstić information content (AvgIpc) is 3.48. The van der Waals surface area contributed by atoms with Crippen LogP contribution in [0.5, 0.6) is 11.5 Å². The lowest BCUT2D eigenvalue weighted by Crippen LogP contribution is -2.49. The molecule has 0 amide bonds. The lowest BCUT2D eigenvalue weighted by atomic mass is 10.1. The van der Waals surface area contributed by atoms with Gasteiger partial charge in [-0.2, -0.15) is 46.4 Å². The summed E-state index contributed by atoms with van der Waals surface area (Å²) in [7, 11) is -1.92. The van der Waals surface area contributed by atoms with Crippen LogP contribution in [-0.4, -0.2) is 57.0 Å². The van der Waals surface area contributed by atoms with Crippen molar-refractivity contribution in [3.05, 3.63) is 115 Å². The van der Waals surface area contributed by atoms with E-state index in [-0.39, 0.29) is 9.81 Å². The van der Waals surface area contributed by atoms with Crippen molar-refractivity contribution in [3.8, 4) is 35.2 Å². The molecule has 0 saturated carbocycles. The molecule has 2 aromatic rings. The first kappa shape index (κ1) is 32.5. The molecule has 1 aliphatic carbocycles. The fourth-order valence-electron chi connectivity index (χ4n) is 5.23. The van der Waals surface area contributed by atoms with Crippen molar-refractivity contribution in [2.24, 2.45) is 0 Å². The number of rotatable bonds is 4. The van der Waals surface area contributed by atoms with Crippen LogP contribution in [0, 0.1) is 23.7 Å². The molecule has 0 atom stereocenters. The number of ether oxygens (including phenoxy) is 2. The number of hydrogen-bond donors (Lipinski definition) is 0. The second kappa shape index (κ2) is 11.2. The summed E-state index contributed by atoms with van der Waals surface area (Å²) in [6.45, 7) is 0. The molecular formula is C35H30F6O2S2. The zero-order chi connectivity index (χ0) is 33.0. The number of halogens is 6. The van der Waals surface area contributed by atoms with E-state index in [0.717, 1.165) is 0 Å². The lowest BCUT2D eigenvalue weighted by molar-refractivity contribution is -0.263. The smallest absolute Gasteiger partial charge is 0.380 e. The second-order valence-corrected chi connectivity index (χ2v) is 18.3. The Labute approximate surface area is 262 Å². The van der Waals surface area contributed by atoms with Crippen LogP contribution in [0.4, 0.5) is 26.3 Å². The third kappa shape index (κ3) is 5.18. The molecule has 3 aliphatic rings. The molecule has 45 heavy (non-hydrogen) atoms. The zero-order valence-electron chi connectivity index (χ0n) is 25.3. The van der Waals surface area contributed by atoms with Gasteiger partial charge >= 0.3 is 17.8 Å². The van der Waals surface area contributed by atoms with Gasteiger partial charge in [0.15, 0.2) is 0 Å². The van der Waals surface area contributed by atoms with Crippen molar-refractivity contribution in [3.63, 3.8) is 0 Å². The molecule has 0 radical (unpaired) electrons. The maximum atomic E-state index is 15.8. The van der Waals surface area contributed by atoms with E-state index in [0.29, 0.717) is 32.4 Å². The molecule has 0 saturated heterocycles. The Morgan fingerprint density at radius 3 is 1.16 bits per heavy atom. The van der Waals surface area contributed by atoms with Gasteiger partial charge in [0.25, 0.3) is 0 Å². The summed E-state index contributed by atoms with van der Waals surface area (Å²) >= 11 is 0. The molecule has 0 spiro atoms. The highest BCUT2D eigenvalue weighted by Gasteiger charge is 2.81. The molecule has 5 rings (SSSR count). The number of alkyl halides is 6. The predicted molar refractivity (Wildman–Crippen MR) is 173 cm³/mol. The largest absolute Gasteiger partial charge is 0.497 e. The van der Waals surface area contributed by atoms with E-state index in [2.05, 4.69) is 23.7 Å². The lowest BCUT2D eigenvalue weighted by Gasteiger charge is -2.36. The van der Waals surface area contributed by atoms with Gasteiger partial charge in [0, 0.05) is 30.7 Å². The van der Waals surface area contributed by atoms with Crippen molar-refractivity contribution >= 4 is 20.1 Å². The minimum atomic E-state index is -5.65. The van der Waals surface area contributed by atoms with Gasteiger partial charge in [0.05, 0.1) is 25.4 Å². The molecule has 236 valence electrons. The summed E-state index contributed by atoms with van der Waals surface area (Å²) in [6.07, 6.45) is 11.8. The van der Waals surface area contributed by atoms with Crippen molar-refractivity contribution < 1.29 is 35.8 Å². The van der Waals surface area contributed by atoms with Gasteiger partial charge in [-0.3, -0.25) is 0 Å². The van der Waals surface area contributed by atoms with Crippen LogP contribution < -0.4 is 9.47 Å². The predicted octanol–water partition coefficient (Wildman–Crippen LogP) is 9.01. The van der Waals surface area contributed by atoms with E-state index in [9.17, 15) is 0 Å². The standard InChI is InChI=1S/C35H30F6O2S2/c1-42-25-13-7-23(8-14-25)11-17-27-19-21-29(44(27,3)4)31-32(34(38,39)35(40,41)33(31,36)37)30-22-20-28(45(30,5)6)18-12-24-9-15-26(43-2)16-10-24/h7-10,13-16,19-22H,1-6H3. The maximum Gasteiger partial charge on any atom is 0.380 e. The Morgan fingerprint density at radius 2 is 0.844 bits per heavy atom. The minimum Gasteiger partial charge on any atom is -0.497 e. The number of methoxy groups -OCH3 is 2. The molecule has 2 aliphatic heterocycles. The molecular weight excluding hydrogens is 631 g/mol. The summed E-state index contributed by atoms with van der Waals surface area (Å²) in [5, 5.41) is 0. The first-order valence-electron chi connectivity index (χ1n) is 13.5. The third-order valence-electron chi connectivity index (χ3n) is 7.97. The number of allylic oxidation sites excluding steroid dienone is 8. The van der Waals surface area contributed by atoms with E-state index < -0.39 is 49.0 Å². The fourth-order valence-corrected chi connectivity index (χ4v) is 9.43. The van der Waals surface area contributed by atoms with E-state index >= 15 is 26.3 Å². The summed E-state index contributed by atoms with van der Waals surface area (Å²) in [5.41, 5.74) is -1.42. The van der Waals surface area contributed by atoms with Gasteiger partial charge in [-0.05, 0) is 97.9 Å². The molecule has 0 aromatic heterocycles. The van der Waals surface area contributed by atoms with E-state index in [1.165, 1.54) is 38.5 Å². The first-order chi connectivity index (χ1) is 21.0. The highest BCUT2D eigenvalue weighted by atomic mass is 32.3. The summed E-state index contributed by atoms with van der Waals surface area (Å²) < 4.78 is 104.